The number of nitrogens with zero attached hydrogens (tertiary/aromatic N) is 4. The summed E-state index contributed by atoms with van der Waals surface area (Å²) in [5, 5.41) is 3.16. The number of para-hydroxylation sites is 2. The number of urea groups is 1. The summed E-state index contributed by atoms with van der Waals surface area (Å²) in [4.78, 5) is 52.2. The summed E-state index contributed by atoms with van der Waals surface area (Å²) >= 11 is 0. The van der Waals surface area contributed by atoms with Crippen LogP contribution in [0.2, 0.25) is 0 Å². The molecule has 2 bridgehead atoms. The summed E-state index contributed by atoms with van der Waals surface area (Å²) in [7, 11) is 0. The van der Waals surface area contributed by atoms with Crippen LogP contribution in [0.25, 0.3) is 11.0 Å². The molecule has 5 heterocycles. The second-order valence-corrected chi connectivity index (χ2v) is 11.1. The molecule has 9 nitrogen and oxygen atoms in total. The van der Waals surface area contributed by atoms with Crippen molar-refractivity contribution in [3.63, 3.8) is 0 Å². The second kappa shape index (κ2) is 9.75. The molecule has 4 amide bonds. The first kappa shape index (κ1) is 23.3. The zero-order chi connectivity index (χ0) is 24.6. The number of aromatic amines is 1. The van der Waals surface area contributed by atoms with Crippen molar-refractivity contribution < 1.29 is 14.4 Å². The van der Waals surface area contributed by atoms with Gasteiger partial charge in [0.15, 0.2) is 0 Å². The highest BCUT2D eigenvalue weighted by Crippen LogP contribution is 2.38. The number of hydrogen-bond donors (Lipinski definition) is 2. The fourth-order valence-corrected chi connectivity index (χ4v) is 6.84. The maximum Gasteiger partial charge on any atom is 0.320 e. The van der Waals surface area contributed by atoms with Crippen LogP contribution in [-0.4, -0.2) is 87.3 Å². The van der Waals surface area contributed by atoms with Gasteiger partial charge in [-0.05, 0) is 56.1 Å². The molecule has 0 radical (unpaired) electrons. The smallest absolute Gasteiger partial charge is 0.320 e. The number of rotatable bonds is 4. The molecule has 2 aromatic rings. The number of carbonyl (C=O) groups is 3. The minimum atomic E-state index is 0.0377. The number of imidazole rings is 1. The van der Waals surface area contributed by atoms with E-state index in [-0.39, 0.29) is 18.0 Å². The summed E-state index contributed by atoms with van der Waals surface area (Å²) in [6.07, 6.45) is 6.43. The molecule has 3 atom stereocenters. The lowest BCUT2D eigenvalue weighted by atomic mass is 9.76. The zero-order valence-corrected chi connectivity index (χ0v) is 20.8. The number of aryl methyl sites for hydroxylation is 1. The van der Waals surface area contributed by atoms with E-state index in [9.17, 15) is 14.4 Å². The van der Waals surface area contributed by atoms with Crippen LogP contribution < -0.4 is 5.32 Å². The number of benzene rings is 1. The van der Waals surface area contributed by atoms with Crippen molar-refractivity contribution in [1.29, 1.82) is 0 Å². The summed E-state index contributed by atoms with van der Waals surface area (Å²) in [6, 6.07) is 8.44. The zero-order valence-electron chi connectivity index (χ0n) is 20.8. The molecule has 36 heavy (non-hydrogen) atoms. The normalized spacial score (nSPS) is 26.7. The SMILES string of the molecule is O=C(CCc1nc2ccccc2[nH]1)NC1CCN(C(=O)N2C[C@H]3C[C@H](C2)[C@H]2CCCC(=O)N2C3)CC1. The fourth-order valence-electron chi connectivity index (χ4n) is 6.84. The highest BCUT2D eigenvalue weighted by Gasteiger charge is 2.45. The molecule has 0 saturated carbocycles. The van der Waals surface area contributed by atoms with Crippen molar-refractivity contribution in [2.24, 2.45) is 11.8 Å². The van der Waals surface area contributed by atoms with Gasteiger partial charge < -0.3 is 25.0 Å². The number of likely N-dealkylation sites (tertiary alicyclic amines) is 2. The first-order valence-corrected chi connectivity index (χ1v) is 13.6. The van der Waals surface area contributed by atoms with Gasteiger partial charge in [0.25, 0.3) is 0 Å². The van der Waals surface area contributed by atoms with E-state index in [2.05, 4.69) is 20.2 Å². The first-order valence-electron chi connectivity index (χ1n) is 13.6. The van der Waals surface area contributed by atoms with Gasteiger partial charge in [-0.15, -0.1) is 0 Å². The number of H-pyrrole nitrogens is 1. The van der Waals surface area contributed by atoms with Crippen LogP contribution in [0.3, 0.4) is 0 Å². The van der Waals surface area contributed by atoms with E-state index in [4.69, 9.17) is 0 Å². The van der Waals surface area contributed by atoms with Gasteiger partial charge >= 0.3 is 6.03 Å². The van der Waals surface area contributed by atoms with Crippen LogP contribution in [0.1, 0.15) is 50.8 Å². The molecule has 0 spiro atoms. The van der Waals surface area contributed by atoms with Crippen LogP contribution in [0.4, 0.5) is 4.79 Å². The third-order valence-corrected chi connectivity index (χ3v) is 8.61. The number of fused-ring (bicyclic) bond motifs is 5. The summed E-state index contributed by atoms with van der Waals surface area (Å²) in [6.45, 7) is 3.68. The minimum absolute atomic E-state index is 0.0377. The largest absolute Gasteiger partial charge is 0.353 e. The van der Waals surface area contributed by atoms with E-state index < -0.39 is 0 Å². The number of piperidine rings is 4. The molecule has 0 unspecified atom stereocenters. The lowest BCUT2D eigenvalue weighted by molar-refractivity contribution is -0.144. The Bertz CT molecular complexity index is 1110. The maximum absolute atomic E-state index is 13.3. The van der Waals surface area contributed by atoms with Gasteiger partial charge in [-0.2, -0.15) is 0 Å². The number of nitrogens with one attached hydrogen (secondary N) is 2. The average molecular weight is 493 g/mol. The van der Waals surface area contributed by atoms with Crippen LogP contribution in [0, 0.1) is 11.8 Å². The molecular weight excluding hydrogens is 456 g/mol. The molecule has 9 heteroatoms. The molecule has 4 aliphatic rings. The second-order valence-electron chi connectivity index (χ2n) is 11.1. The van der Waals surface area contributed by atoms with E-state index in [1.807, 2.05) is 34.1 Å². The van der Waals surface area contributed by atoms with Crippen molar-refractivity contribution in [1.82, 2.24) is 30.0 Å². The molecular formula is C27H36N6O3. The van der Waals surface area contributed by atoms with Gasteiger partial charge in [-0.3, -0.25) is 9.59 Å². The molecule has 4 aliphatic heterocycles. The van der Waals surface area contributed by atoms with E-state index in [1.165, 1.54) is 0 Å². The van der Waals surface area contributed by atoms with Crippen LogP contribution in [-0.2, 0) is 16.0 Å². The van der Waals surface area contributed by atoms with Gasteiger partial charge in [-0.25, -0.2) is 9.78 Å². The number of aromatic nitrogens is 2. The Morgan fingerprint density at radius 1 is 1.06 bits per heavy atom. The Labute approximate surface area is 211 Å². The fraction of sp³-hybridized carbons (Fsp3) is 0.630. The molecule has 1 aromatic carbocycles. The molecule has 4 fully saturated rings. The molecule has 192 valence electrons. The Kier molecular flexibility index (Phi) is 6.31. The van der Waals surface area contributed by atoms with Gasteiger partial charge in [-0.1, -0.05) is 12.1 Å². The van der Waals surface area contributed by atoms with E-state index in [0.717, 1.165) is 68.6 Å². The monoisotopic (exact) mass is 492 g/mol. The quantitative estimate of drug-likeness (QED) is 0.685. The highest BCUT2D eigenvalue weighted by molar-refractivity contribution is 5.79. The molecule has 2 N–H and O–H groups in total. The molecule has 6 rings (SSSR count). The summed E-state index contributed by atoms with van der Waals surface area (Å²) in [5.41, 5.74) is 1.92. The van der Waals surface area contributed by atoms with E-state index in [0.29, 0.717) is 56.1 Å². The van der Waals surface area contributed by atoms with Crippen molar-refractivity contribution in [2.45, 2.75) is 63.5 Å². The minimum Gasteiger partial charge on any atom is -0.353 e. The maximum atomic E-state index is 13.3. The third-order valence-electron chi connectivity index (χ3n) is 8.61. The van der Waals surface area contributed by atoms with Crippen molar-refractivity contribution in [3.05, 3.63) is 30.1 Å². The number of amides is 4. The van der Waals surface area contributed by atoms with Gasteiger partial charge in [0, 0.05) is 64.1 Å². The first-order chi connectivity index (χ1) is 17.5. The highest BCUT2D eigenvalue weighted by atomic mass is 16.2. The van der Waals surface area contributed by atoms with Crippen LogP contribution >= 0.6 is 0 Å². The van der Waals surface area contributed by atoms with Gasteiger partial charge in [0.05, 0.1) is 11.0 Å². The Balaban J connectivity index is 0.963. The Morgan fingerprint density at radius 3 is 2.72 bits per heavy atom. The third kappa shape index (κ3) is 4.67. The van der Waals surface area contributed by atoms with Crippen molar-refractivity contribution in [3.8, 4) is 0 Å². The van der Waals surface area contributed by atoms with Crippen LogP contribution in [0.15, 0.2) is 24.3 Å². The van der Waals surface area contributed by atoms with Crippen molar-refractivity contribution in [2.75, 3.05) is 32.7 Å². The van der Waals surface area contributed by atoms with Crippen LogP contribution in [0.5, 0.6) is 0 Å². The summed E-state index contributed by atoms with van der Waals surface area (Å²) < 4.78 is 0. The lowest BCUT2D eigenvalue weighted by Gasteiger charge is -2.53. The average Bonchev–Trinajstić information content (AvgIpc) is 3.31. The Hall–Kier alpha value is -3.10. The van der Waals surface area contributed by atoms with Gasteiger partial charge in [0.1, 0.15) is 5.82 Å². The Morgan fingerprint density at radius 2 is 1.89 bits per heavy atom. The topological polar surface area (TPSA) is 102 Å². The molecule has 1 aromatic heterocycles. The standard InChI is InChI=1S/C27H36N6O3/c34-25(9-8-24-29-21-4-1-2-5-22(21)30-24)28-20-10-12-31(13-11-20)27(36)32-15-18-14-19(17-32)23-6-3-7-26(35)33(23)16-18/h1-2,4-5,18-20,23H,3,6-17H2,(H,28,34)(H,29,30)/t18-,19-,23-/m1/s1. The van der Waals surface area contributed by atoms with E-state index >= 15 is 0 Å². The lowest BCUT2D eigenvalue weighted by Crippen LogP contribution is -2.62. The number of carbonyl (C=O) groups excluding carboxylic acids is 3. The van der Waals surface area contributed by atoms with Gasteiger partial charge in [0.2, 0.25) is 11.8 Å². The molecule has 0 aliphatic carbocycles. The summed E-state index contributed by atoms with van der Waals surface area (Å²) in [5.74, 6) is 1.99. The molecule has 4 saturated heterocycles. The van der Waals surface area contributed by atoms with E-state index in [1.54, 1.807) is 0 Å². The predicted octanol–water partition coefficient (Wildman–Crippen LogP) is 2.53. The number of hydrogen-bond acceptors (Lipinski definition) is 4. The van der Waals surface area contributed by atoms with Crippen molar-refractivity contribution >= 4 is 28.9 Å². The predicted molar refractivity (Wildman–Crippen MR) is 135 cm³/mol.